The van der Waals surface area contributed by atoms with E-state index in [0.717, 1.165) is 40.4 Å². The first kappa shape index (κ1) is 13.6. The van der Waals surface area contributed by atoms with Crippen LogP contribution in [-0.2, 0) is 4.79 Å². The third kappa shape index (κ3) is 2.27. The van der Waals surface area contributed by atoms with Crippen LogP contribution in [0.1, 0.15) is 38.5 Å². The van der Waals surface area contributed by atoms with Crippen LogP contribution in [0, 0.1) is 5.41 Å². The van der Waals surface area contributed by atoms with E-state index in [1.54, 1.807) is 0 Å². The van der Waals surface area contributed by atoms with Crippen LogP contribution in [0.15, 0.2) is 27.1 Å². The van der Waals surface area contributed by atoms with Crippen LogP contribution < -0.4 is 4.74 Å². The highest BCUT2D eigenvalue weighted by molar-refractivity contribution is 9.11. The lowest BCUT2D eigenvalue weighted by Crippen LogP contribution is -2.57. The van der Waals surface area contributed by atoms with Gasteiger partial charge < -0.3 is 4.74 Å². The molecule has 0 N–H and O–H groups in total. The second-order valence-corrected chi connectivity index (χ2v) is 7.21. The quantitative estimate of drug-likeness (QED) is 0.722. The molecule has 0 aliphatic heterocycles. The number of ketones is 1. The molecule has 0 aromatic heterocycles. The number of para-hydroxylation sites is 1. The van der Waals surface area contributed by atoms with Crippen molar-refractivity contribution in [2.75, 3.05) is 0 Å². The Morgan fingerprint density at radius 2 is 1.74 bits per heavy atom. The molecule has 1 aromatic carbocycles. The van der Waals surface area contributed by atoms with Crippen LogP contribution in [0.4, 0.5) is 0 Å². The average molecular weight is 388 g/mol. The standard InChI is InChI=1S/C15H16Br2O2/c16-10-5-4-6-11(17)14(10)19-13-9-12(18)15(13)7-2-1-3-8-15/h4-6,13H,1-3,7-9H2. The van der Waals surface area contributed by atoms with E-state index in [1.165, 1.54) is 6.42 Å². The van der Waals surface area contributed by atoms with Gasteiger partial charge in [-0.2, -0.15) is 0 Å². The molecule has 1 unspecified atom stereocenters. The summed E-state index contributed by atoms with van der Waals surface area (Å²) in [6.07, 6.45) is 6.17. The molecule has 3 rings (SSSR count). The average Bonchev–Trinajstić information content (AvgIpc) is 2.43. The van der Waals surface area contributed by atoms with Gasteiger partial charge in [0, 0.05) is 6.42 Å². The maximum absolute atomic E-state index is 12.1. The van der Waals surface area contributed by atoms with Crippen LogP contribution in [0.3, 0.4) is 0 Å². The van der Waals surface area contributed by atoms with E-state index < -0.39 is 0 Å². The minimum absolute atomic E-state index is 0.0512. The summed E-state index contributed by atoms with van der Waals surface area (Å²) >= 11 is 7.03. The van der Waals surface area contributed by atoms with E-state index in [0.29, 0.717) is 12.2 Å². The van der Waals surface area contributed by atoms with Gasteiger partial charge in [-0.3, -0.25) is 4.79 Å². The molecular weight excluding hydrogens is 372 g/mol. The van der Waals surface area contributed by atoms with E-state index in [2.05, 4.69) is 31.9 Å². The molecule has 2 aliphatic carbocycles. The molecule has 2 nitrogen and oxygen atoms in total. The molecule has 1 atom stereocenters. The Hall–Kier alpha value is -0.350. The number of carbonyl (C=O) groups excluding carboxylic acids is 1. The largest absolute Gasteiger partial charge is 0.487 e. The maximum Gasteiger partial charge on any atom is 0.148 e. The van der Waals surface area contributed by atoms with E-state index in [4.69, 9.17) is 4.74 Å². The third-order valence-electron chi connectivity index (χ3n) is 4.47. The Bertz CT molecular complexity index is 487. The van der Waals surface area contributed by atoms with Crippen molar-refractivity contribution in [2.24, 2.45) is 5.41 Å². The van der Waals surface area contributed by atoms with Crippen LogP contribution in [0.5, 0.6) is 5.75 Å². The van der Waals surface area contributed by atoms with Crippen molar-refractivity contribution in [1.29, 1.82) is 0 Å². The molecule has 1 spiro atoms. The summed E-state index contributed by atoms with van der Waals surface area (Å²) in [4.78, 5) is 12.1. The van der Waals surface area contributed by atoms with E-state index in [-0.39, 0.29) is 11.5 Å². The Labute approximate surface area is 130 Å². The third-order valence-corrected chi connectivity index (χ3v) is 5.72. The van der Waals surface area contributed by atoms with Gasteiger partial charge in [-0.05, 0) is 56.8 Å². The molecule has 0 radical (unpaired) electrons. The van der Waals surface area contributed by atoms with Crippen molar-refractivity contribution in [2.45, 2.75) is 44.6 Å². The lowest BCUT2D eigenvalue weighted by molar-refractivity contribution is -0.156. The van der Waals surface area contributed by atoms with E-state index in [9.17, 15) is 4.79 Å². The summed E-state index contributed by atoms with van der Waals surface area (Å²) in [7, 11) is 0. The highest BCUT2D eigenvalue weighted by Gasteiger charge is 2.56. The maximum atomic E-state index is 12.1. The van der Waals surface area contributed by atoms with Gasteiger partial charge in [-0.1, -0.05) is 25.3 Å². The number of halogens is 2. The Morgan fingerprint density at radius 1 is 1.11 bits per heavy atom. The molecule has 19 heavy (non-hydrogen) atoms. The molecule has 0 bridgehead atoms. The second-order valence-electron chi connectivity index (χ2n) is 5.50. The van der Waals surface area contributed by atoms with Gasteiger partial charge in [0.05, 0.1) is 14.4 Å². The van der Waals surface area contributed by atoms with Gasteiger partial charge in [-0.25, -0.2) is 0 Å². The van der Waals surface area contributed by atoms with Crippen molar-refractivity contribution in [3.8, 4) is 5.75 Å². The van der Waals surface area contributed by atoms with E-state index >= 15 is 0 Å². The highest BCUT2D eigenvalue weighted by Crippen LogP contribution is 2.51. The van der Waals surface area contributed by atoms with Crippen LogP contribution in [0.25, 0.3) is 0 Å². The molecule has 0 saturated heterocycles. The first-order valence-corrected chi connectivity index (χ1v) is 8.36. The topological polar surface area (TPSA) is 26.3 Å². The fraction of sp³-hybridized carbons (Fsp3) is 0.533. The van der Waals surface area contributed by atoms with E-state index in [1.807, 2.05) is 18.2 Å². The predicted octanol–water partition coefficient (Wildman–Crippen LogP) is 4.88. The molecule has 0 heterocycles. The number of Topliss-reactive ketones (excluding diaryl/α,β-unsaturated/α-hetero) is 1. The number of hydrogen-bond acceptors (Lipinski definition) is 2. The second kappa shape index (κ2) is 5.21. The summed E-state index contributed by atoms with van der Waals surface area (Å²) in [5.74, 6) is 1.23. The minimum atomic E-state index is -0.188. The van der Waals surface area contributed by atoms with Crippen molar-refractivity contribution in [1.82, 2.24) is 0 Å². The minimum Gasteiger partial charge on any atom is -0.487 e. The normalized spacial score (nSPS) is 25.2. The predicted molar refractivity (Wildman–Crippen MR) is 81.4 cm³/mol. The molecule has 102 valence electrons. The molecule has 0 amide bonds. The molecule has 2 aliphatic rings. The molecule has 1 aromatic rings. The number of carbonyl (C=O) groups is 1. The fourth-order valence-electron chi connectivity index (χ4n) is 3.29. The highest BCUT2D eigenvalue weighted by atomic mass is 79.9. The van der Waals surface area contributed by atoms with Crippen LogP contribution >= 0.6 is 31.9 Å². The molecular formula is C15H16Br2O2. The molecule has 2 fully saturated rings. The van der Waals surface area contributed by atoms with Gasteiger partial charge >= 0.3 is 0 Å². The summed E-state index contributed by atoms with van der Waals surface area (Å²) in [6.45, 7) is 0. The first-order chi connectivity index (χ1) is 9.13. The Balaban J connectivity index is 1.82. The van der Waals surface area contributed by atoms with Crippen LogP contribution in [-0.4, -0.2) is 11.9 Å². The zero-order valence-corrected chi connectivity index (χ0v) is 13.8. The zero-order chi connectivity index (χ0) is 13.5. The smallest absolute Gasteiger partial charge is 0.148 e. The Kier molecular flexibility index (Phi) is 3.73. The fourth-order valence-corrected chi connectivity index (χ4v) is 4.48. The lowest BCUT2D eigenvalue weighted by Gasteiger charge is -2.49. The monoisotopic (exact) mass is 386 g/mol. The van der Waals surface area contributed by atoms with Gasteiger partial charge in [0.1, 0.15) is 17.6 Å². The number of hydrogen-bond donors (Lipinski definition) is 0. The van der Waals surface area contributed by atoms with Crippen molar-refractivity contribution >= 4 is 37.6 Å². The first-order valence-electron chi connectivity index (χ1n) is 6.77. The number of rotatable bonds is 2. The Morgan fingerprint density at radius 3 is 2.32 bits per heavy atom. The summed E-state index contributed by atoms with van der Waals surface area (Å²) in [5.41, 5.74) is -0.188. The summed E-state index contributed by atoms with van der Waals surface area (Å²) in [5, 5.41) is 0. The molecule has 2 saturated carbocycles. The lowest BCUT2D eigenvalue weighted by atomic mass is 9.57. The SMILES string of the molecule is O=C1CC(Oc2c(Br)cccc2Br)C12CCCCC2. The van der Waals surface area contributed by atoms with Gasteiger partial charge in [-0.15, -0.1) is 0 Å². The summed E-state index contributed by atoms with van der Waals surface area (Å²) in [6, 6.07) is 5.89. The van der Waals surface area contributed by atoms with Crippen molar-refractivity contribution in [3.05, 3.63) is 27.1 Å². The van der Waals surface area contributed by atoms with Gasteiger partial charge in [0.15, 0.2) is 0 Å². The van der Waals surface area contributed by atoms with Crippen molar-refractivity contribution in [3.63, 3.8) is 0 Å². The summed E-state index contributed by atoms with van der Waals surface area (Å²) < 4.78 is 8.04. The van der Waals surface area contributed by atoms with Crippen LogP contribution in [0.2, 0.25) is 0 Å². The number of benzene rings is 1. The zero-order valence-electron chi connectivity index (χ0n) is 10.6. The van der Waals surface area contributed by atoms with Crippen molar-refractivity contribution < 1.29 is 9.53 Å². The number of ether oxygens (including phenoxy) is 1. The molecule has 4 heteroatoms. The van der Waals surface area contributed by atoms with Gasteiger partial charge in [0.2, 0.25) is 0 Å². The van der Waals surface area contributed by atoms with Gasteiger partial charge in [0.25, 0.3) is 0 Å².